The van der Waals surface area contributed by atoms with Gasteiger partial charge in [-0.2, -0.15) is 0 Å². The minimum Gasteiger partial charge on any atom is -0.303 e. The van der Waals surface area contributed by atoms with Crippen LogP contribution >= 0.6 is 0 Å². The lowest BCUT2D eigenvalue weighted by molar-refractivity contribution is -0.0381. The molecule has 2 saturated heterocycles. The summed E-state index contributed by atoms with van der Waals surface area (Å²) in [6, 6.07) is 1.64. The standard InChI is InChI=1S/C7H16N2.C6H11N.C2H6/c1-7(2)8-6-9-4-3-5-9;1-7-4-5-2-3-6(5)7;1-2/h7-8H,3-6H2,1-2H3;5-6H,2-4H2,1H3;1-2H3. The van der Waals surface area contributed by atoms with Crippen LogP contribution in [0.1, 0.15) is 47.0 Å². The molecule has 3 fully saturated rings. The van der Waals surface area contributed by atoms with Crippen molar-refractivity contribution < 1.29 is 0 Å². The Morgan fingerprint density at radius 2 is 1.83 bits per heavy atom. The van der Waals surface area contributed by atoms with E-state index in [-0.39, 0.29) is 0 Å². The fraction of sp³-hybridized carbons (Fsp3) is 1.00. The summed E-state index contributed by atoms with van der Waals surface area (Å²) in [5.41, 5.74) is 0. The van der Waals surface area contributed by atoms with E-state index in [9.17, 15) is 0 Å². The average molecular weight is 255 g/mol. The van der Waals surface area contributed by atoms with Crippen molar-refractivity contribution in [3.63, 3.8) is 0 Å². The lowest BCUT2D eigenvalue weighted by Gasteiger charge is -2.54. The topological polar surface area (TPSA) is 18.5 Å². The smallest absolute Gasteiger partial charge is 0.0482 e. The van der Waals surface area contributed by atoms with Crippen molar-refractivity contribution in [2.75, 3.05) is 33.4 Å². The Morgan fingerprint density at radius 1 is 1.17 bits per heavy atom. The van der Waals surface area contributed by atoms with E-state index in [0.717, 1.165) is 18.6 Å². The van der Waals surface area contributed by atoms with Crippen molar-refractivity contribution in [1.29, 1.82) is 0 Å². The van der Waals surface area contributed by atoms with Crippen molar-refractivity contribution in [1.82, 2.24) is 15.1 Å². The lowest BCUT2D eigenvalue weighted by Crippen LogP contribution is -2.59. The van der Waals surface area contributed by atoms with E-state index in [4.69, 9.17) is 0 Å². The van der Waals surface area contributed by atoms with E-state index < -0.39 is 0 Å². The first kappa shape index (κ1) is 15.9. The Balaban J connectivity index is 0.000000161. The summed E-state index contributed by atoms with van der Waals surface area (Å²) in [5, 5.41) is 3.37. The molecule has 0 amide bonds. The molecule has 2 atom stereocenters. The summed E-state index contributed by atoms with van der Waals surface area (Å²) in [5.74, 6) is 1.12. The summed E-state index contributed by atoms with van der Waals surface area (Å²) in [6.45, 7) is 13.4. The number of hydrogen-bond acceptors (Lipinski definition) is 3. The summed E-state index contributed by atoms with van der Waals surface area (Å²) < 4.78 is 0. The maximum atomic E-state index is 3.37. The summed E-state index contributed by atoms with van der Waals surface area (Å²) in [4.78, 5) is 4.87. The number of likely N-dealkylation sites (tertiary alicyclic amines) is 2. The fourth-order valence-corrected chi connectivity index (χ4v) is 2.56. The van der Waals surface area contributed by atoms with Crippen LogP contribution in [0.4, 0.5) is 0 Å². The van der Waals surface area contributed by atoms with Crippen LogP contribution in [0.5, 0.6) is 0 Å². The predicted octanol–water partition coefficient (Wildman–Crippen LogP) is 2.38. The molecule has 0 bridgehead atoms. The highest BCUT2D eigenvalue weighted by molar-refractivity contribution is 4.97. The number of nitrogens with one attached hydrogen (secondary N) is 1. The highest BCUT2D eigenvalue weighted by Crippen LogP contribution is 2.39. The Hall–Kier alpha value is -0.120. The van der Waals surface area contributed by atoms with Crippen molar-refractivity contribution in [3.8, 4) is 0 Å². The van der Waals surface area contributed by atoms with Crippen LogP contribution in [0.2, 0.25) is 0 Å². The van der Waals surface area contributed by atoms with Gasteiger partial charge in [0.15, 0.2) is 0 Å². The number of nitrogens with zero attached hydrogens (tertiary/aromatic N) is 2. The maximum absolute atomic E-state index is 3.37. The highest BCUT2D eigenvalue weighted by Gasteiger charge is 2.42. The van der Waals surface area contributed by atoms with Crippen LogP contribution in [0.25, 0.3) is 0 Å². The van der Waals surface area contributed by atoms with Gasteiger partial charge in [0.25, 0.3) is 0 Å². The lowest BCUT2D eigenvalue weighted by atomic mass is 9.72. The summed E-state index contributed by atoms with van der Waals surface area (Å²) in [7, 11) is 2.22. The molecular formula is C15H33N3. The third-order valence-corrected chi connectivity index (χ3v) is 4.14. The van der Waals surface area contributed by atoms with Gasteiger partial charge in [0, 0.05) is 38.4 Å². The van der Waals surface area contributed by atoms with Crippen molar-refractivity contribution in [3.05, 3.63) is 0 Å². The molecular weight excluding hydrogens is 222 g/mol. The summed E-state index contributed by atoms with van der Waals surface area (Å²) in [6.07, 6.45) is 4.37. The van der Waals surface area contributed by atoms with Gasteiger partial charge in [-0.15, -0.1) is 0 Å². The van der Waals surface area contributed by atoms with Gasteiger partial charge in [0.2, 0.25) is 0 Å². The maximum Gasteiger partial charge on any atom is 0.0482 e. The molecule has 3 nitrogen and oxygen atoms in total. The third kappa shape index (κ3) is 4.52. The first-order valence-electron chi connectivity index (χ1n) is 7.83. The number of rotatable bonds is 3. The molecule has 2 aliphatic heterocycles. The number of fused-ring (bicyclic) bond motifs is 1. The van der Waals surface area contributed by atoms with Crippen LogP contribution in [0.3, 0.4) is 0 Å². The molecule has 2 unspecified atom stereocenters. The van der Waals surface area contributed by atoms with Crippen LogP contribution in [-0.2, 0) is 0 Å². The van der Waals surface area contributed by atoms with E-state index in [0.29, 0.717) is 6.04 Å². The molecule has 2 heterocycles. The van der Waals surface area contributed by atoms with Gasteiger partial charge < -0.3 is 10.2 Å². The quantitative estimate of drug-likeness (QED) is 0.835. The molecule has 3 rings (SSSR count). The van der Waals surface area contributed by atoms with E-state index in [1.54, 1.807) is 0 Å². The molecule has 0 aromatic rings. The van der Waals surface area contributed by atoms with E-state index in [1.807, 2.05) is 13.8 Å². The van der Waals surface area contributed by atoms with Gasteiger partial charge in [-0.3, -0.25) is 4.90 Å². The summed E-state index contributed by atoms with van der Waals surface area (Å²) >= 11 is 0. The second-order valence-corrected chi connectivity index (χ2v) is 5.83. The minimum absolute atomic E-state index is 0.630. The normalized spacial score (nSPS) is 29.7. The Bertz CT molecular complexity index is 210. The zero-order valence-corrected chi connectivity index (χ0v) is 13.1. The molecule has 108 valence electrons. The Labute approximate surface area is 114 Å². The van der Waals surface area contributed by atoms with Crippen LogP contribution in [0.15, 0.2) is 0 Å². The van der Waals surface area contributed by atoms with Gasteiger partial charge in [0.05, 0.1) is 0 Å². The zero-order valence-electron chi connectivity index (χ0n) is 13.1. The third-order valence-electron chi connectivity index (χ3n) is 4.14. The second-order valence-electron chi connectivity index (χ2n) is 5.83. The Morgan fingerprint density at radius 3 is 2.00 bits per heavy atom. The van der Waals surface area contributed by atoms with E-state index >= 15 is 0 Å². The highest BCUT2D eigenvalue weighted by atomic mass is 15.3. The fourth-order valence-electron chi connectivity index (χ4n) is 2.56. The Kier molecular flexibility index (Phi) is 7.20. The predicted molar refractivity (Wildman–Crippen MR) is 79.8 cm³/mol. The average Bonchev–Trinajstić information content (AvgIpc) is 2.26. The molecule has 3 aliphatic rings. The molecule has 0 aromatic heterocycles. The largest absolute Gasteiger partial charge is 0.303 e. The minimum atomic E-state index is 0.630. The van der Waals surface area contributed by atoms with Crippen LogP contribution in [-0.4, -0.2) is 55.2 Å². The number of hydrogen-bond donors (Lipinski definition) is 1. The molecule has 1 saturated carbocycles. The SMILES string of the molecule is CC.CC(C)NCN1CCC1.CN1CC2CCC21. The molecule has 0 radical (unpaired) electrons. The van der Waals surface area contributed by atoms with Gasteiger partial charge in [-0.25, -0.2) is 0 Å². The van der Waals surface area contributed by atoms with Gasteiger partial charge in [-0.05, 0) is 46.1 Å². The van der Waals surface area contributed by atoms with Crippen LogP contribution < -0.4 is 5.32 Å². The van der Waals surface area contributed by atoms with E-state index in [2.05, 4.69) is 36.0 Å². The van der Waals surface area contributed by atoms with Crippen molar-refractivity contribution >= 4 is 0 Å². The molecule has 0 spiro atoms. The van der Waals surface area contributed by atoms with Gasteiger partial charge >= 0.3 is 0 Å². The molecule has 1 aliphatic carbocycles. The molecule has 18 heavy (non-hydrogen) atoms. The second kappa shape index (κ2) is 8.13. The van der Waals surface area contributed by atoms with Gasteiger partial charge in [-0.1, -0.05) is 13.8 Å². The number of piperidine rings is 1. The monoisotopic (exact) mass is 255 g/mol. The molecule has 0 aromatic carbocycles. The molecule has 3 heteroatoms. The van der Waals surface area contributed by atoms with E-state index in [1.165, 1.54) is 38.9 Å². The van der Waals surface area contributed by atoms with Crippen LogP contribution in [0, 0.1) is 5.92 Å². The molecule has 1 N–H and O–H groups in total. The van der Waals surface area contributed by atoms with Crippen molar-refractivity contribution in [2.45, 2.75) is 59.0 Å². The van der Waals surface area contributed by atoms with Gasteiger partial charge in [0.1, 0.15) is 0 Å². The first-order chi connectivity index (χ1) is 8.66. The zero-order chi connectivity index (χ0) is 13.5. The van der Waals surface area contributed by atoms with Crippen molar-refractivity contribution in [2.24, 2.45) is 5.92 Å². The first-order valence-corrected chi connectivity index (χ1v) is 7.83.